The van der Waals surface area contributed by atoms with Crippen molar-refractivity contribution in [3.05, 3.63) is 59.7 Å². The third-order valence-electron chi connectivity index (χ3n) is 3.48. The molecule has 2 unspecified atom stereocenters. The van der Waals surface area contributed by atoms with Gasteiger partial charge in [0.15, 0.2) is 0 Å². The Hall–Kier alpha value is -1.74. The molecule has 0 bridgehead atoms. The smallest absolute Gasteiger partial charge is 0.115 e. The molecule has 17 heavy (non-hydrogen) atoms. The van der Waals surface area contributed by atoms with E-state index in [4.69, 9.17) is 0 Å². The van der Waals surface area contributed by atoms with Crippen molar-refractivity contribution in [2.75, 3.05) is 0 Å². The molecule has 3 rings (SSSR count). The molecule has 1 heterocycles. The van der Waals surface area contributed by atoms with Crippen molar-refractivity contribution in [3.63, 3.8) is 0 Å². The maximum Gasteiger partial charge on any atom is 0.115 e. The Labute approximate surface area is 100 Å². The highest BCUT2D eigenvalue weighted by Gasteiger charge is 2.29. The Morgan fingerprint density at radius 3 is 2.76 bits per heavy atom. The Morgan fingerprint density at radius 1 is 1.18 bits per heavy atom. The van der Waals surface area contributed by atoms with Crippen LogP contribution in [-0.4, -0.2) is 15.1 Å². The Bertz CT molecular complexity index is 513. The van der Waals surface area contributed by atoms with Crippen LogP contribution in [0.5, 0.6) is 0 Å². The van der Waals surface area contributed by atoms with Crippen LogP contribution in [0.15, 0.2) is 43.0 Å². The molecule has 0 fully saturated rings. The number of aliphatic hydroxyl groups excluding tert-OH is 1. The van der Waals surface area contributed by atoms with Crippen LogP contribution in [0.2, 0.25) is 0 Å². The molecule has 1 aliphatic rings. The molecule has 0 radical (unpaired) electrons. The van der Waals surface area contributed by atoms with E-state index in [1.807, 2.05) is 6.07 Å². The lowest BCUT2D eigenvalue weighted by molar-refractivity contribution is 0.144. The zero-order chi connectivity index (χ0) is 11.7. The standard InChI is InChI=1S/C14H14N2O/c17-14(11-7-15-9-16-8-11)13-6-5-10-3-1-2-4-12(10)13/h1-4,7-9,13-14,17H,5-6H2. The van der Waals surface area contributed by atoms with E-state index in [1.54, 1.807) is 12.4 Å². The second-order valence-electron chi connectivity index (χ2n) is 4.46. The molecule has 0 spiro atoms. The number of hydrogen-bond donors (Lipinski definition) is 1. The van der Waals surface area contributed by atoms with Crippen LogP contribution in [0.25, 0.3) is 0 Å². The minimum atomic E-state index is -0.500. The van der Waals surface area contributed by atoms with Crippen LogP contribution >= 0.6 is 0 Å². The molecule has 0 aliphatic heterocycles. The molecule has 1 aliphatic carbocycles. The minimum Gasteiger partial charge on any atom is -0.388 e. The van der Waals surface area contributed by atoms with Gasteiger partial charge in [-0.2, -0.15) is 0 Å². The van der Waals surface area contributed by atoms with Gasteiger partial charge in [0.05, 0.1) is 6.10 Å². The third-order valence-corrected chi connectivity index (χ3v) is 3.48. The SMILES string of the molecule is OC(c1cncnc1)C1CCc2ccccc21. The summed E-state index contributed by atoms with van der Waals surface area (Å²) in [7, 11) is 0. The fraction of sp³-hybridized carbons (Fsp3) is 0.286. The van der Waals surface area contributed by atoms with Gasteiger partial charge in [0.25, 0.3) is 0 Å². The van der Waals surface area contributed by atoms with E-state index in [9.17, 15) is 5.11 Å². The molecule has 2 aromatic rings. The molecule has 0 saturated heterocycles. The number of aliphatic hydroxyl groups is 1. The van der Waals surface area contributed by atoms with E-state index in [2.05, 4.69) is 28.2 Å². The van der Waals surface area contributed by atoms with E-state index in [-0.39, 0.29) is 5.92 Å². The maximum atomic E-state index is 10.4. The van der Waals surface area contributed by atoms with Gasteiger partial charge < -0.3 is 5.11 Å². The van der Waals surface area contributed by atoms with Crippen LogP contribution in [0.3, 0.4) is 0 Å². The molecular formula is C14H14N2O. The largest absolute Gasteiger partial charge is 0.388 e. The van der Waals surface area contributed by atoms with Crippen molar-refractivity contribution < 1.29 is 5.11 Å². The van der Waals surface area contributed by atoms with Crippen LogP contribution < -0.4 is 0 Å². The predicted molar refractivity (Wildman–Crippen MR) is 64.5 cm³/mol. The average molecular weight is 226 g/mol. The zero-order valence-electron chi connectivity index (χ0n) is 9.45. The van der Waals surface area contributed by atoms with Crippen molar-refractivity contribution in [2.24, 2.45) is 0 Å². The first-order valence-electron chi connectivity index (χ1n) is 5.87. The van der Waals surface area contributed by atoms with Crippen LogP contribution in [0, 0.1) is 0 Å². The normalized spacial score (nSPS) is 19.9. The van der Waals surface area contributed by atoms with Crippen LogP contribution in [-0.2, 0) is 6.42 Å². The van der Waals surface area contributed by atoms with Gasteiger partial charge >= 0.3 is 0 Å². The van der Waals surface area contributed by atoms with Crippen molar-refractivity contribution in [2.45, 2.75) is 24.9 Å². The summed E-state index contributed by atoms with van der Waals surface area (Å²) in [5.74, 6) is 0.178. The van der Waals surface area contributed by atoms with Crippen molar-refractivity contribution >= 4 is 0 Å². The van der Waals surface area contributed by atoms with E-state index >= 15 is 0 Å². The fourth-order valence-electron chi connectivity index (χ4n) is 2.61. The van der Waals surface area contributed by atoms with E-state index in [0.29, 0.717) is 0 Å². The molecule has 1 aromatic heterocycles. The average Bonchev–Trinajstić information content (AvgIpc) is 2.83. The minimum absolute atomic E-state index is 0.178. The highest BCUT2D eigenvalue weighted by Crippen LogP contribution is 2.40. The Balaban J connectivity index is 1.92. The fourth-order valence-corrected chi connectivity index (χ4v) is 2.61. The molecule has 3 nitrogen and oxygen atoms in total. The van der Waals surface area contributed by atoms with E-state index < -0.39 is 6.10 Å². The second kappa shape index (κ2) is 4.26. The van der Waals surface area contributed by atoms with Crippen LogP contribution in [0.4, 0.5) is 0 Å². The van der Waals surface area contributed by atoms with Gasteiger partial charge in [-0.1, -0.05) is 24.3 Å². The van der Waals surface area contributed by atoms with Gasteiger partial charge in [-0.15, -0.1) is 0 Å². The lowest BCUT2D eigenvalue weighted by Crippen LogP contribution is -2.08. The lowest BCUT2D eigenvalue weighted by atomic mass is 9.92. The first kappa shape index (κ1) is 10.4. The number of rotatable bonds is 2. The summed E-state index contributed by atoms with van der Waals surface area (Å²) in [6.45, 7) is 0. The van der Waals surface area contributed by atoms with Gasteiger partial charge in [0.1, 0.15) is 6.33 Å². The van der Waals surface area contributed by atoms with E-state index in [1.165, 1.54) is 17.5 Å². The first-order valence-corrected chi connectivity index (χ1v) is 5.87. The Morgan fingerprint density at radius 2 is 1.94 bits per heavy atom. The topological polar surface area (TPSA) is 46.0 Å². The number of aryl methyl sites for hydroxylation is 1. The number of benzene rings is 1. The summed E-state index contributed by atoms with van der Waals surface area (Å²) < 4.78 is 0. The lowest BCUT2D eigenvalue weighted by Gasteiger charge is -2.18. The predicted octanol–water partition coefficient (Wildman–Crippen LogP) is 2.24. The summed E-state index contributed by atoms with van der Waals surface area (Å²) in [5, 5.41) is 10.4. The molecule has 1 aromatic carbocycles. The summed E-state index contributed by atoms with van der Waals surface area (Å²) in [6.07, 6.45) is 6.41. The van der Waals surface area contributed by atoms with Crippen molar-refractivity contribution in [3.8, 4) is 0 Å². The molecular weight excluding hydrogens is 212 g/mol. The Kier molecular flexibility index (Phi) is 2.61. The molecule has 0 saturated carbocycles. The number of aromatic nitrogens is 2. The van der Waals surface area contributed by atoms with Gasteiger partial charge in [0.2, 0.25) is 0 Å². The van der Waals surface area contributed by atoms with Gasteiger partial charge in [-0.3, -0.25) is 0 Å². The maximum absolute atomic E-state index is 10.4. The highest BCUT2D eigenvalue weighted by molar-refractivity contribution is 5.36. The third kappa shape index (κ3) is 1.83. The van der Waals surface area contributed by atoms with E-state index in [0.717, 1.165) is 18.4 Å². The molecule has 2 atom stereocenters. The summed E-state index contributed by atoms with van der Waals surface area (Å²) in [4.78, 5) is 7.92. The van der Waals surface area contributed by atoms with Crippen LogP contribution in [0.1, 0.15) is 35.1 Å². The monoisotopic (exact) mass is 226 g/mol. The van der Waals surface area contributed by atoms with Crippen molar-refractivity contribution in [1.82, 2.24) is 9.97 Å². The molecule has 86 valence electrons. The van der Waals surface area contributed by atoms with Gasteiger partial charge in [0, 0.05) is 23.9 Å². The molecule has 0 amide bonds. The molecule has 1 N–H and O–H groups in total. The number of nitrogens with zero attached hydrogens (tertiary/aromatic N) is 2. The number of hydrogen-bond acceptors (Lipinski definition) is 3. The number of fused-ring (bicyclic) bond motifs is 1. The summed E-state index contributed by atoms with van der Waals surface area (Å²) in [6, 6.07) is 8.34. The summed E-state index contributed by atoms with van der Waals surface area (Å²) in [5.41, 5.74) is 3.42. The first-order chi connectivity index (χ1) is 8.36. The molecule has 3 heteroatoms. The van der Waals surface area contributed by atoms with Gasteiger partial charge in [-0.05, 0) is 24.0 Å². The van der Waals surface area contributed by atoms with Crippen molar-refractivity contribution in [1.29, 1.82) is 0 Å². The zero-order valence-corrected chi connectivity index (χ0v) is 9.45. The van der Waals surface area contributed by atoms with Gasteiger partial charge in [-0.25, -0.2) is 9.97 Å². The quantitative estimate of drug-likeness (QED) is 0.854. The summed E-state index contributed by atoms with van der Waals surface area (Å²) >= 11 is 0. The highest BCUT2D eigenvalue weighted by atomic mass is 16.3. The second-order valence-corrected chi connectivity index (χ2v) is 4.46.